The van der Waals surface area contributed by atoms with Gasteiger partial charge in [0, 0.05) is 18.1 Å². The van der Waals surface area contributed by atoms with E-state index in [4.69, 9.17) is 14.2 Å². The van der Waals surface area contributed by atoms with Gasteiger partial charge in [0.1, 0.15) is 15.6 Å². The first-order valence-corrected chi connectivity index (χ1v) is 13.8. The Kier molecular flexibility index (Phi) is 12.0. The molecule has 2 rings (SSSR count). The van der Waals surface area contributed by atoms with Gasteiger partial charge in [0.25, 0.3) is 0 Å². The van der Waals surface area contributed by atoms with Crippen molar-refractivity contribution >= 4 is 27.9 Å². The monoisotopic (exact) mass is 518 g/mol. The van der Waals surface area contributed by atoms with E-state index in [0.29, 0.717) is 29.2 Å². The van der Waals surface area contributed by atoms with E-state index < -0.39 is 21.8 Å². The number of carbonyl (C=O) groups excluding carboxylic acids is 2. The van der Waals surface area contributed by atoms with E-state index in [1.165, 1.54) is 26.6 Å². The quantitative estimate of drug-likeness (QED) is 0.142. The second-order valence-corrected chi connectivity index (χ2v) is 10.5. The Bertz CT molecular complexity index is 1120. The summed E-state index contributed by atoms with van der Waals surface area (Å²) >= 11 is 0. The van der Waals surface area contributed by atoms with Gasteiger partial charge in [-0.15, -0.1) is 0 Å². The molecule has 0 aliphatic carbocycles. The summed E-state index contributed by atoms with van der Waals surface area (Å²) in [6.07, 6.45) is 9.75. The average molecular weight is 519 g/mol. The van der Waals surface area contributed by atoms with Gasteiger partial charge in [0.15, 0.2) is 11.5 Å². The molecule has 8 nitrogen and oxygen atoms in total. The predicted octanol–water partition coefficient (Wildman–Crippen LogP) is 4.86. The van der Waals surface area contributed by atoms with Crippen molar-refractivity contribution in [2.75, 3.05) is 32.8 Å². The van der Waals surface area contributed by atoms with Crippen LogP contribution in [0.15, 0.2) is 48.5 Å². The number of hydrogen-bond acceptors (Lipinski definition) is 8. The summed E-state index contributed by atoms with van der Waals surface area (Å²) in [5.74, 6) is 0.527. The molecule has 0 aliphatic rings. The molecule has 0 amide bonds. The number of rotatable bonds is 15. The smallest absolute Gasteiger partial charge is 0.343 e. The van der Waals surface area contributed by atoms with Crippen molar-refractivity contribution in [3.05, 3.63) is 59.7 Å². The number of carbonyl (C=O) groups is 2. The number of hydrogen-bond donors (Lipinski definition) is 0. The summed E-state index contributed by atoms with van der Waals surface area (Å²) in [6.45, 7) is 0.571. The van der Waals surface area contributed by atoms with E-state index in [9.17, 15) is 18.0 Å². The van der Waals surface area contributed by atoms with Crippen molar-refractivity contribution in [1.29, 1.82) is 0 Å². The summed E-state index contributed by atoms with van der Waals surface area (Å²) in [5.41, 5.74) is 1.05. The van der Waals surface area contributed by atoms with Crippen LogP contribution in [-0.2, 0) is 19.4 Å². The normalized spacial score (nSPS) is 11.3. The number of sulfone groups is 1. The Morgan fingerprint density at radius 1 is 0.861 bits per heavy atom. The predicted molar refractivity (Wildman–Crippen MR) is 138 cm³/mol. The fraction of sp³-hybridized carbons (Fsp3) is 0.407. The molecule has 0 atom stereocenters. The van der Waals surface area contributed by atoms with E-state index in [0.717, 1.165) is 38.5 Å². The van der Waals surface area contributed by atoms with Crippen LogP contribution in [0.5, 0.6) is 17.2 Å². The highest BCUT2D eigenvalue weighted by atomic mass is 32.2. The minimum absolute atomic E-state index is 0.259. The van der Waals surface area contributed by atoms with Crippen LogP contribution in [0, 0.1) is 0 Å². The third-order valence-corrected chi connectivity index (χ3v) is 6.30. The second kappa shape index (κ2) is 14.9. The summed E-state index contributed by atoms with van der Waals surface area (Å²) in [7, 11) is -0.0991. The minimum Gasteiger partial charge on any atom is -0.494 e. The van der Waals surface area contributed by atoms with Crippen LogP contribution in [0.1, 0.15) is 54.4 Å². The summed E-state index contributed by atoms with van der Waals surface area (Å²) in [5, 5.41) is 0. The van der Waals surface area contributed by atoms with Crippen LogP contribution in [0.3, 0.4) is 0 Å². The largest absolute Gasteiger partial charge is 0.494 e. The number of ether oxygens (including phenoxy) is 4. The van der Waals surface area contributed by atoms with Crippen molar-refractivity contribution in [2.45, 2.75) is 38.5 Å². The van der Waals surface area contributed by atoms with Gasteiger partial charge in [0.2, 0.25) is 0 Å². The Balaban J connectivity index is 1.77. The number of benzene rings is 2. The Morgan fingerprint density at radius 3 is 2.17 bits per heavy atom. The third-order valence-electron chi connectivity index (χ3n) is 5.27. The average Bonchev–Trinajstić information content (AvgIpc) is 2.86. The first kappa shape index (κ1) is 28.9. The first-order valence-electron chi connectivity index (χ1n) is 11.8. The molecular formula is C27H34O8S. The molecule has 0 N–H and O–H groups in total. The zero-order valence-corrected chi connectivity index (χ0v) is 21.8. The molecule has 36 heavy (non-hydrogen) atoms. The minimum atomic E-state index is -2.86. The number of esters is 2. The van der Waals surface area contributed by atoms with Crippen LogP contribution < -0.4 is 14.2 Å². The lowest BCUT2D eigenvalue weighted by atomic mass is 10.1. The van der Waals surface area contributed by atoms with Gasteiger partial charge in [-0.05, 0) is 60.9 Å². The van der Waals surface area contributed by atoms with Crippen molar-refractivity contribution in [3.8, 4) is 17.2 Å². The zero-order chi connectivity index (χ0) is 26.4. The molecule has 2 aromatic rings. The zero-order valence-electron chi connectivity index (χ0n) is 21.0. The second-order valence-electron chi connectivity index (χ2n) is 8.28. The lowest BCUT2D eigenvalue weighted by Gasteiger charge is -2.11. The van der Waals surface area contributed by atoms with Crippen molar-refractivity contribution in [2.24, 2.45) is 0 Å². The highest BCUT2D eigenvalue weighted by molar-refractivity contribution is 7.90. The molecule has 196 valence electrons. The summed E-state index contributed by atoms with van der Waals surface area (Å²) in [6, 6.07) is 11.7. The Hall–Kier alpha value is -3.33. The van der Waals surface area contributed by atoms with Gasteiger partial charge in [-0.25, -0.2) is 18.0 Å². The standard InChI is InChI=1S/C27H34O8S/c1-32-25-20-21(11-17-26(28)33-2)10-16-24(25)35-27(29)22-12-14-23(15-13-22)34-18-8-6-4-5-7-9-19-36(3,30)31/h10-17,20H,4-9,18-19H2,1-3H3. The molecule has 0 bridgehead atoms. The van der Waals surface area contributed by atoms with Crippen molar-refractivity contribution < 1.29 is 37.0 Å². The van der Waals surface area contributed by atoms with Gasteiger partial charge in [-0.3, -0.25) is 0 Å². The van der Waals surface area contributed by atoms with Gasteiger partial charge in [0.05, 0.1) is 26.4 Å². The van der Waals surface area contributed by atoms with Gasteiger partial charge in [-0.2, -0.15) is 0 Å². The topological polar surface area (TPSA) is 105 Å². The molecular weight excluding hydrogens is 484 g/mol. The maximum absolute atomic E-state index is 12.6. The highest BCUT2D eigenvalue weighted by Gasteiger charge is 2.13. The van der Waals surface area contributed by atoms with Crippen LogP contribution in [0.2, 0.25) is 0 Å². The van der Waals surface area contributed by atoms with Crippen LogP contribution >= 0.6 is 0 Å². The van der Waals surface area contributed by atoms with E-state index >= 15 is 0 Å². The maximum atomic E-state index is 12.6. The molecule has 0 fully saturated rings. The molecule has 0 heterocycles. The molecule has 0 saturated carbocycles. The lowest BCUT2D eigenvalue weighted by molar-refractivity contribution is -0.134. The lowest BCUT2D eigenvalue weighted by Crippen LogP contribution is -2.09. The molecule has 0 aliphatic heterocycles. The van der Waals surface area contributed by atoms with Crippen molar-refractivity contribution in [3.63, 3.8) is 0 Å². The number of methoxy groups -OCH3 is 2. The third kappa shape index (κ3) is 10.9. The molecule has 9 heteroatoms. The van der Waals surface area contributed by atoms with Crippen molar-refractivity contribution in [1.82, 2.24) is 0 Å². The molecule has 2 aromatic carbocycles. The Morgan fingerprint density at radius 2 is 1.53 bits per heavy atom. The van der Waals surface area contributed by atoms with E-state index in [2.05, 4.69) is 4.74 Å². The highest BCUT2D eigenvalue weighted by Crippen LogP contribution is 2.29. The van der Waals surface area contributed by atoms with E-state index in [-0.39, 0.29) is 11.5 Å². The van der Waals surface area contributed by atoms with Gasteiger partial charge in [-0.1, -0.05) is 31.7 Å². The first-order chi connectivity index (χ1) is 17.2. The van der Waals surface area contributed by atoms with Gasteiger partial charge < -0.3 is 18.9 Å². The van der Waals surface area contributed by atoms with E-state index in [1.54, 1.807) is 48.5 Å². The molecule has 0 radical (unpaired) electrons. The van der Waals surface area contributed by atoms with Crippen LogP contribution in [0.4, 0.5) is 0 Å². The van der Waals surface area contributed by atoms with Crippen LogP contribution in [-0.4, -0.2) is 53.2 Å². The summed E-state index contributed by atoms with van der Waals surface area (Å²) < 4.78 is 43.3. The molecule has 0 unspecified atom stereocenters. The Labute approximate surface area is 213 Å². The van der Waals surface area contributed by atoms with Crippen LogP contribution in [0.25, 0.3) is 6.08 Å². The molecule has 0 saturated heterocycles. The number of unbranched alkanes of at least 4 members (excludes halogenated alkanes) is 5. The molecule has 0 aromatic heterocycles. The SMILES string of the molecule is COC(=O)C=Cc1ccc(OC(=O)c2ccc(OCCCCCCCCS(C)(=O)=O)cc2)c(OC)c1. The summed E-state index contributed by atoms with van der Waals surface area (Å²) in [4.78, 5) is 23.8. The van der Waals surface area contributed by atoms with E-state index in [1.807, 2.05) is 0 Å². The molecule has 0 spiro atoms. The fourth-order valence-corrected chi connectivity index (χ4v) is 4.04. The fourth-order valence-electron chi connectivity index (χ4n) is 3.31. The van der Waals surface area contributed by atoms with Gasteiger partial charge >= 0.3 is 11.9 Å². The maximum Gasteiger partial charge on any atom is 0.343 e.